The van der Waals surface area contributed by atoms with E-state index in [4.69, 9.17) is 18.9 Å². The predicted molar refractivity (Wildman–Crippen MR) is 151 cm³/mol. The summed E-state index contributed by atoms with van der Waals surface area (Å²) in [5.74, 6) is 1.52. The molecular weight excluding hydrogens is 564 g/mol. The number of ether oxygens (including phenoxy) is 4. The first-order valence-corrected chi connectivity index (χ1v) is 13.1. The van der Waals surface area contributed by atoms with Crippen molar-refractivity contribution in [3.05, 3.63) is 44.9 Å². The van der Waals surface area contributed by atoms with E-state index in [-0.39, 0.29) is 10.5 Å². The van der Waals surface area contributed by atoms with Gasteiger partial charge in [-0.05, 0) is 63.3 Å². The zero-order valence-electron chi connectivity index (χ0n) is 22.9. The molecule has 9 nitrogen and oxygen atoms in total. The summed E-state index contributed by atoms with van der Waals surface area (Å²) in [6, 6.07) is 5.37. The Balaban J connectivity index is 0.000000482. The van der Waals surface area contributed by atoms with Crippen LogP contribution in [0.2, 0.25) is 0 Å². The van der Waals surface area contributed by atoms with Crippen LogP contribution in [0.4, 0.5) is 4.79 Å². The van der Waals surface area contributed by atoms with Crippen LogP contribution >= 0.6 is 27.7 Å². The second kappa shape index (κ2) is 14.7. The molecule has 0 saturated carbocycles. The lowest BCUT2D eigenvalue weighted by Gasteiger charge is -2.19. The number of halogens is 1. The molecule has 204 valence electrons. The van der Waals surface area contributed by atoms with E-state index < -0.39 is 6.09 Å². The molecule has 0 aliphatic rings. The molecule has 0 saturated heterocycles. The molecule has 0 fully saturated rings. The molecule has 0 aliphatic carbocycles. The van der Waals surface area contributed by atoms with Gasteiger partial charge in [0, 0.05) is 16.3 Å². The number of ketones is 1. The molecule has 0 unspecified atom stereocenters. The average molecular weight is 600 g/mol. The Kier molecular flexibility index (Phi) is 12.8. The van der Waals surface area contributed by atoms with E-state index in [0.29, 0.717) is 34.1 Å². The van der Waals surface area contributed by atoms with Crippen LogP contribution in [-0.4, -0.2) is 64.6 Å². The van der Waals surface area contributed by atoms with Gasteiger partial charge in [0.25, 0.3) is 0 Å². The minimum Gasteiger partial charge on any atom is -0.496 e. The third-order valence-corrected chi connectivity index (χ3v) is 7.31. The van der Waals surface area contributed by atoms with Crippen LogP contribution in [0.5, 0.6) is 23.0 Å². The Hall–Kier alpha value is -2.92. The monoisotopic (exact) mass is 598 g/mol. The number of thioether (sulfide) groups is 1. The number of carbonyl (C=O) groups is 2. The molecule has 0 spiro atoms. The summed E-state index contributed by atoms with van der Waals surface area (Å²) in [5, 5.41) is 5.81. The summed E-state index contributed by atoms with van der Waals surface area (Å²) >= 11 is 5.10. The fourth-order valence-electron chi connectivity index (χ4n) is 3.10. The normalized spacial score (nSPS) is 10.8. The average Bonchev–Trinajstić information content (AvgIpc) is 2.88. The highest BCUT2D eigenvalue weighted by molar-refractivity contribution is 9.10. The van der Waals surface area contributed by atoms with Crippen LogP contribution in [0, 0.1) is 13.8 Å². The van der Waals surface area contributed by atoms with Crippen molar-refractivity contribution < 1.29 is 33.4 Å². The lowest BCUT2D eigenvalue weighted by molar-refractivity contribution is 0.103. The number of hydrogen-bond donors (Lipinski definition) is 1. The van der Waals surface area contributed by atoms with E-state index in [1.807, 2.05) is 40.0 Å². The maximum absolute atomic E-state index is 13.4. The van der Waals surface area contributed by atoms with Gasteiger partial charge >= 0.3 is 6.09 Å². The van der Waals surface area contributed by atoms with Crippen LogP contribution in [0.1, 0.15) is 40.9 Å². The maximum atomic E-state index is 13.4. The number of amides is 1. The zero-order valence-corrected chi connectivity index (χ0v) is 25.3. The summed E-state index contributed by atoms with van der Waals surface area (Å²) in [4.78, 5) is 28.4. The Morgan fingerprint density at radius 3 is 2.05 bits per heavy atom. The molecular formula is C26H35BrN2O7S. The van der Waals surface area contributed by atoms with E-state index >= 15 is 0 Å². The highest BCUT2D eigenvalue weighted by Crippen LogP contribution is 2.44. The van der Waals surface area contributed by atoms with Gasteiger partial charge in [-0.25, -0.2) is 4.79 Å². The SMILES string of the molecule is CNC(=O)O/N=C/C(C)(C)SC.COc1cc(C)c(C(=O)c2c(OC)ccc(Br)c2C)c(OC)c1OC. The Morgan fingerprint density at radius 1 is 0.973 bits per heavy atom. The van der Waals surface area contributed by atoms with Gasteiger partial charge in [0.15, 0.2) is 11.5 Å². The van der Waals surface area contributed by atoms with E-state index in [1.165, 1.54) is 28.4 Å². The second-order valence-corrected chi connectivity index (χ2v) is 10.4. The van der Waals surface area contributed by atoms with Crippen molar-refractivity contribution in [3.8, 4) is 23.0 Å². The molecule has 1 N–H and O–H groups in total. The smallest absolute Gasteiger partial charge is 0.433 e. The second-order valence-electron chi connectivity index (χ2n) is 8.09. The lowest BCUT2D eigenvalue weighted by Crippen LogP contribution is -2.19. The molecule has 1 amide bonds. The molecule has 37 heavy (non-hydrogen) atoms. The Morgan fingerprint density at radius 2 is 1.57 bits per heavy atom. The first-order chi connectivity index (χ1) is 17.4. The third kappa shape index (κ3) is 8.29. The fourth-order valence-corrected chi connectivity index (χ4v) is 3.58. The van der Waals surface area contributed by atoms with Crippen molar-refractivity contribution in [2.45, 2.75) is 32.4 Å². The largest absolute Gasteiger partial charge is 0.496 e. The van der Waals surface area contributed by atoms with Crippen molar-refractivity contribution in [3.63, 3.8) is 0 Å². The highest BCUT2D eigenvalue weighted by Gasteiger charge is 2.28. The number of carbonyl (C=O) groups excluding carboxylic acids is 2. The van der Waals surface area contributed by atoms with Crippen LogP contribution < -0.4 is 24.3 Å². The molecule has 0 aliphatic heterocycles. The number of nitrogens with zero attached hydrogens (tertiary/aromatic N) is 1. The number of aryl methyl sites for hydroxylation is 1. The molecule has 0 heterocycles. The van der Waals surface area contributed by atoms with Gasteiger partial charge < -0.3 is 24.3 Å². The first kappa shape index (κ1) is 32.1. The number of benzene rings is 2. The zero-order chi connectivity index (χ0) is 28.3. The van der Waals surface area contributed by atoms with Crippen molar-refractivity contribution in [2.75, 3.05) is 41.7 Å². The van der Waals surface area contributed by atoms with Crippen molar-refractivity contribution >= 4 is 45.8 Å². The highest BCUT2D eigenvalue weighted by atomic mass is 79.9. The third-order valence-electron chi connectivity index (χ3n) is 5.29. The Bertz CT molecular complexity index is 1140. The van der Waals surface area contributed by atoms with Crippen LogP contribution in [0.25, 0.3) is 0 Å². The Labute approximate surface area is 231 Å². The van der Waals surface area contributed by atoms with Crippen molar-refractivity contribution in [2.24, 2.45) is 5.16 Å². The fraction of sp³-hybridized carbons (Fsp3) is 0.423. The van der Waals surface area contributed by atoms with E-state index in [0.717, 1.165) is 15.6 Å². The van der Waals surface area contributed by atoms with Gasteiger partial charge in [-0.3, -0.25) is 9.63 Å². The van der Waals surface area contributed by atoms with E-state index in [1.54, 1.807) is 37.2 Å². The quantitative estimate of drug-likeness (QED) is 0.167. The van der Waals surface area contributed by atoms with Crippen LogP contribution in [0.15, 0.2) is 27.8 Å². The predicted octanol–water partition coefficient (Wildman–Crippen LogP) is 5.80. The van der Waals surface area contributed by atoms with Crippen LogP contribution in [-0.2, 0) is 4.84 Å². The van der Waals surface area contributed by atoms with Gasteiger partial charge in [0.05, 0.1) is 45.8 Å². The van der Waals surface area contributed by atoms with E-state index in [9.17, 15) is 9.59 Å². The summed E-state index contributed by atoms with van der Waals surface area (Å²) in [6.07, 6.45) is 3.00. The molecule has 0 atom stereocenters. The number of rotatable bonds is 9. The molecule has 11 heteroatoms. The molecule has 2 rings (SSSR count). The number of oxime groups is 1. The standard InChI is InChI=1S/C19H21BrO5.C7H14N2O2S/c1-10-9-14(23-4)18(24-5)19(25-6)15(10)17(21)16-11(2)12(20)7-8-13(16)22-3;1-7(2,12-4)5-9-11-6(10)8-3/h7-9H,1-6H3;5H,1-4H3,(H,8,10)/b;9-5+. The summed E-state index contributed by atoms with van der Waals surface area (Å²) < 4.78 is 22.4. The first-order valence-electron chi connectivity index (χ1n) is 11.1. The summed E-state index contributed by atoms with van der Waals surface area (Å²) in [6.45, 7) is 7.66. The number of nitrogens with one attached hydrogen (secondary N) is 1. The van der Waals surface area contributed by atoms with E-state index in [2.05, 4.69) is 31.2 Å². The summed E-state index contributed by atoms with van der Waals surface area (Å²) in [7, 11) is 7.57. The van der Waals surface area contributed by atoms with Gasteiger partial charge in [0.1, 0.15) is 5.75 Å². The van der Waals surface area contributed by atoms with Crippen LogP contribution in [0.3, 0.4) is 0 Å². The topological polar surface area (TPSA) is 105 Å². The summed E-state index contributed by atoms with van der Waals surface area (Å²) in [5.41, 5.74) is 2.41. The number of hydrogen-bond acceptors (Lipinski definition) is 9. The molecule has 0 aromatic heterocycles. The maximum Gasteiger partial charge on any atom is 0.433 e. The van der Waals surface area contributed by atoms with Gasteiger partial charge in [0.2, 0.25) is 11.5 Å². The van der Waals surface area contributed by atoms with Gasteiger partial charge in [-0.15, -0.1) is 0 Å². The molecule has 0 radical (unpaired) electrons. The van der Waals surface area contributed by atoms with Gasteiger partial charge in [-0.2, -0.15) is 11.8 Å². The lowest BCUT2D eigenvalue weighted by atomic mass is 9.93. The van der Waals surface area contributed by atoms with Crippen molar-refractivity contribution in [1.29, 1.82) is 0 Å². The number of methoxy groups -OCH3 is 4. The molecule has 0 bridgehead atoms. The van der Waals surface area contributed by atoms with Crippen molar-refractivity contribution in [1.82, 2.24) is 5.32 Å². The minimum absolute atomic E-state index is 0.103. The molecule has 2 aromatic carbocycles. The van der Waals surface area contributed by atoms with Gasteiger partial charge in [-0.1, -0.05) is 21.1 Å². The minimum atomic E-state index is -0.553. The molecule has 2 aromatic rings.